The number of rotatable bonds is 6. The number of unbranched alkanes of at least 4 members (excludes halogenated alkanes) is 2. The van der Waals surface area contributed by atoms with Crippen LogP contribution in [0.5, 0.6) is 11.5 Å². The SMILES string of the molecule is C=C(C)CCCCCc1ccc(O)c(O)c1. The molecule has 1 aromatic rings. The van der Waals surface area contributed by atoms with E-state index in [4.69, 9.17) is 5.11 Å². The Labute approximate surface area is 97.2 Å². The fourth-order valence-corrected chi connectivity index (χ4v) is 1.66. The van der Waals surface area contributed by atoms with Gasteiger partial charge in [0.05, 0.1) is 0 Å². The molecule has 0 aliphatic rings. The van der Waals surface area contributed by atoms with E-state index in [9.17, 15) is 5.11 Å². The average molecular weight is 220 g/mol. The van der Waals surface area contributed by atoms with Crippen molar-refractivity contribution in [2.24, 2.45) is 0 Å². The van der Waals surface area contributed by atoms with Gasteiger partial charge in [-0.05, 0) is 50.3 Å². The van der Waals surface area contributed by atoms with Crippen molar-refractivity contribution < 1.29 is 10.2 Å². The van der Waals surface area contributed by atoms with Gasteiger partial charge >= 0.3 is 0 Å². The standard InChI is InChI=1S/C14H20O2/c1-11(2)6-4-3-5-7-12-8-9-13(15)14(16)10-12/h8-10,15-16H,1,3-7H2,2H3. The first-order valence-corrected chi connectivity index (χ1v) is 5.75. The predicted molar refractivity (Wildman–Crippen MR) is 66.8 cm³/mol. The largest absolute Gasteiger partial charge is 0.504 e. The lowest BCUT2D eigenvalue weighted by molar-refractivity contribution is 0.403. The Morgan fingerprint density at radius 1 is 1.12 bits per heavy atom. The summed E-state index contributed by atoms with van der Waals surface area (Å²) >= 11 is 0. The van der Waals surface area contributed by atoms with Crippen LogP contribution < -0.4 is 0 Å². The molecular weight excluding hydrogens is 200 g/mol. The number of aryl methyl sites for hydroxylation is 1. The number of hydrogen-bond acceptors (Lipinski definition) is 2. The van der Waals surface area contributed by atoms with Gasteiger partial charge in [-0.2, -0.15) is 0 Å². The Kier molecular flexibility index (Phi) is 4.90. The maximum absolute atomic E-state index is 9.31. The van der Waals surface area contributed by atoms with Crippen LogP contribution in [0.25, 0.3) is 0 Å². The molecule has 0 bridgehead atoms. The molecule has 1 aromatic carbocycles. The van der Waals surface area contributed by atoms with Crippen molar-refractivity contribution in [3.63, 3.8) is 0 Å². The van der Waals surface area contributed by atoms with Crippen LogP contribution in [0, 0.1) is 0 Å². The zero-order valence-corrected chi connectivity index (χ0v) is 9.87. The lowest BCUT2D eigenvalue weighted by Crippen LogP contribution is -1.86. The van der Waals surface area contributed by atoms with Crippen LogP contribution in [0.4, 0.5) is 0 Å². The third-order valence-electron chi connectivity index (χ3n) is 2.61. The number of phenolic OH excluding ortho intramolecular Hbond substituents is 2. The van der Waals surface area contributed by atoms with Gasteiger partial charge in [0.1, 0.15) is 0 Å². The minimum atomic E-state index is -0.0500. The molecule has 0 heterocycles. The molecule has 2 nitrogen and oxygen atoms in total. The van der Waals surface area contributed by atoms with Gasteiger partial charge < -0.3 is 10.2 Å². The van der Waals surface area contributed by atoms with Crippen molar-refractivity contribution in [1.82, 2.24) is 0 Å². The topological polar surface area (TPSA) is 40.5 Å². The smallest absolute Gasteiger partial charge is 0.157 e. The summed E-state index contributed by atoms with van der Waals surface area (Å²) in [5.74, 6) is -0.0783. The molecule has 0 saturated carbocycles. The second kappa shape index (κ2) is 6.21. The quantitative estimate of drug-likeness (QED) is 0.435. The molecular formula is C14H20O2. The molecule has 0 aliphatic heterocycles. The van der Waals surface area contributed by atoms with Crippen LogP contribution in [-0.2, 0) is 6.42 Å². The van der Waals surface area contributed by atoms with Crippen molar-refractivity contribution in [1.29, 1.82) is 0 Å². The highest BCUT2D eigenvalue weighted by Gasteiger charge is 2.00. The van der Waals surface area contributed by atoms with Gasteiger partial charge in [-0.25, -0.2) is 0 Å². The Morgan fingerprint density at radius 3 is 2.50 bits per heavy atom. The van der Waals surface area contributed by atoms with Crippen molar-refractivity contribution in [2.45, 2.75) is 39.0 Å². The van der Waals surface area contributed by atoms with E-state index in [0.29, 0.717) is 0 Å². The molecule has 0 radical (unpaired) electrons. The van der Waals surface area contributed by atoms with Gasteiger partial charge in [0.25, 0.3) is 0 Å². The molecule has 0 aliphatic carbocycles. The maximum Gasteiger partial charge on any atom is 0.157 e. The summed E-state index contributed by atoms with van der Waals surface area (Å²) in [6, 6.07) is 5.03. The normalized spacial score (nSPS) is 10.3. The van der Waals surface area contributed by atoms with Crippen LogP contribution in [0.1, 0.15) is 38.2 Å². The zero-order valence-electron chi connectivity index (χ0n) is 9.87. The summed E-state index contributed by atoms with van der Waals surface area (Å²) in [5, 5.41) is 18.5. The van der Waals surface area contributed by atoms with Crippen molar-refractivity contribution in [3.05, 3.63) is 35.9 Å². The first-order valence-electron chi connectivity index (χ1n) is 5.75. The summed E-state index contributed by atoms with van der Waals surface area (Å²) in [4.78, 5) is 0. The molecule has 0 unspecified atom stereocenters. The van der Waals surface area contributed by atoms with Crippen LogP contribution in [0.2, 0.25) is 0 Å². The zero-order chi connectivity index (χ0) is 12.0. The third-order valence-corrected chi connectivity index (χ3v) is 2.61. The minimum absolute atomic E-state index is 0.0283. The Hall–Kier alpha value is -1.44. The van der Waals surface area contributed by atoms with E-state index < -0.39 is 0 Å². The Balaban J connectivity index is 2.27. The average Bonchev–Trinajstić information content (AvgIpc) is 2.22. The van der Waals surface area contributed by atoms with E-state index >= 15 is 0 Å². The van der Waals surface area contributed by atoms with Crippen molar-refractivity contribution in [3.8, 4) is 11.5 Å². The minimum Gasteiger partial charge on any atom is -0.504 e. The van der Waals surface area contributed by atoms with E-state index in [-0.39, 0.29) is 11.5 Å². The van der Waals surface area contributed by atoms with Crippen molar-refractivity contribution >= 4 is 0 Å². The maximum atomic E-state index is 9.31. The third kappa shape index (κ3) is 4.39. The van der Waals surface area contributed by atoms with Gasteiger partial charge in [0.2, 0.25) is 0 Å². The summed E-state index contributed by atoms with van der Waals surface area (Å²) in [6.07, 6.45) is 5.51. The molecule has 0 fully saturated rings. The Morgan fingerprint density at radius 2 is 1.88 bits per heavy atom. The van der Waals surface area contributed by atoms with Gasteiger partial charge in [-0.1, -0.05) is 18.1 Å². The molecule has 88 valence electrons. The van der Waals surface area contributed by atoms with E-state index in [1.165, 1.54) is 18.4 Å². The lowest BCUT2D eigenvalue weighted by Gasteiger charge is -2.04. The highest BCUT2D eigenvalue weighted by atomic mass is 16.3. The fourth-order valence-electron chi connectivity index (χ4n) is 1.66. The molecule has 0 aromatic heterocycles. The first kappa shape index (κ1) is 12.6. The number of aromatic hydroxyl groups is 2. The number of benzene rings is 1. The molecule has 0 spiro atoms. The summed E-state index contributed by atoms with van der Waals surface area (Å²) in [7, 11) is 0. The molecule has 2 heteroatoms. The number of allylic oxidation sites excluding steroid dienone is 1. The fraction of sp³-hybridized carbons (Fsp3) is 0.429. The first-order chi connectivity index (χ1) is 7.59. The highest BCUT2D eigenvalue weighted by Crippen LogP contribution is 2.25. The molecule has 0 amide bonds. The molecule has 16 heavy (non-hydrogen) atoms. The predicted octanol–water partition coefficient (Wildman–Crippen LogP) is 3.78. The van der Waals surface area contributed by atoms with Crippen LogP contribution >= 0.6 is 0 Å². The summed E-state index contributed by atoms with van der Waals surface area (Å²) in [6.45, 7) is 5.92. The second-order valence-corrected chi connectivity index (χ2v) is 4.34. The van der Waals surface area contributed by atoms with E-state index in [1.807, 2.05) is 6.07 Å². The lowest BCUT2D eigenvalue weighted by atomic mass is 10.0. The van der Waals surface area contributed by atoms with Crippen molar-refractivity contribution in [2.75, 3.05) is 0 Å². The van der Waals surface area contributed by atoms with E-state index in [0.717, 1.165) is 24.8 Å². The summed E-state index contributed by atoms with van der Waals surface area (Å²) < 4.78 is 0. The number of hydrogen-bond donors (Lipinski definition) is 2. The van der Waals surface area contributed by atoms with Gasteiger partial charge in [-0.15, -0.1) is 6.58 Å². The van der Waals surface area contributed by atoms with Crippen LogP contribution in [0.15, 0.2) is 30.4 Å². The molecule has 0 saturated heterocycles. The van der Waals surface area contributed by atoms with Crippen LogP contribution in [-0.4, -0.2) is 10.2 Å². The molecule has 1 rings (SSSR count). The van der Waals surface area contributed by atoms with Gasteiger partial charge in [-0.3, -0.25) is 0 Å². The summed E-state index contributed by atoms with van der Waals surface area (Å²) in [5.41, 5.74) is 2.31. The highest BCUT2D eigenvalue weighted by molar-refractivity contribution is 5.40. The molecule has 0 atom stereocenters. The van der Waals surface area contributed by atoms with E-state index in [1.54, 1.807) is 12.1 Å². The van der Waals surface area contributed by atoms with Gasteiger partial charge in [0.15, 0.2) is 11.5 Å². The molecule has 2 N–H and O–H groups in total. The Bertz CT molecular complexity index is 356. The second-order valence-electron chi connectivity index (χ2n) is 4.34. The monoisotopic (exact) mass is 220 g/mol. The van der Waals surface area contributed by atoms with E-state index in [2.05, 4.69) is 13.5 Å². The van der Waals surface area contributed by atoms with Gasteiger partial charge in [0, 0.05) is 0 Å². The van der Waals surface area contributed by atoms with Crippen LogP contribution in [0.3, 0.4) is 0 Å². The number of phenols is 2.